The van der Waals surface area contributed by atoms with Crippen LogP contribution in [0.2, 0.25) is 5.02 Å². The Balaban J connectivity index is 1.64. The predicted octanol–water partition coefficient (Wildman–Crippen LogP) is 7.01. The zero-order chi connectivity index (χ0) is 23.2. The lowest BCUT2D eigenvalue weighted by molar-refractivity contribution is 0.305. The second-order valence-corrected chi connectivity index (χ2v) is 7.39. The predicted molar refractivity (Wildman–Crippen MR) is 129 cm³/mol. The molecule has 1 heterocycles. The summed E-state index contributed by atoms with van der Waals surface area (Å²) in [4.78, 5) is 4.57. The maximum Gasteiger partial charge on any atom is 0.149 e. The van der Waals surface area contributed by atoms with E-state index in [-0.39, 0.29) is 12.3 Å². The Labute approximate surface area is 195 Å². The lowest BCUT2D eigenvalue weighted by Crippen LogP contribution is -2.04. The third-order valence-corrected chi connectivity index (χ3v) is 5.16. The summed E-state index contributed by atoms with van der Waals surface area (Å²) in [5.41, 5.74) is 3.84. The molecule has 0 saturated heterocycles. The van der Waals surface area contributed by atoms with Crippen LogP contribution in [0.4, 0.5) is 10.1 Å². The van der Waals surface area contributed by atoms with Gasteiger partial charge >= 0.3 is 0 Å². The van der Waals surface area contributed by atoms with Crippen LogP contribution in [0.15, 0.2) is 107 Å². The van der Waals surface area contributed by atoms with E-state index in [9.17, 15) is 0 Å². The quantitative estimate of drug-likeness (QED) is 0.210. The van der Waals surface area contributed by atoms with E-state index in [1.54, 1.807) is 36.4 Å². The third kappa shape index (κ3) is 5.07. The molecule has 0 spiro atoms. The molecule has 0 aliphatic carbocycles. The molecule has 164 valence electrons. The van der Waals surface area contributed by atoms with Crippen LogP contribution in [0.3, 0.4) is 0 Å². The Morgan fingerprint density at radius 3 is 2.61 bits per heavy atom. The van der Waals surface area contributed by atoms with E-state index in [0.29, 0.717) is 38.7 Å². The molecule has 0 unspecified atom stereocenters. The fourth-order valence-corrected chi connectivity index (χ4v) is 3.38. The van der Waals surface area contributed by atoms with Gasteiger partial charge < -0.3 is 4.74 Å². The lowest BCUT2D eigenvalue weighted by Gasteiger charge is -2.11. The monoisotopic (exact) mass is 459 g/mol. The summed E-state index contributed by atoms with van der Waals surface area (Å²) in [5.74, 6) is 0.0120. The summed E-state index contributed by atoms with van der Waals surface area (Å²) in [5, 5.41) is 7.86. The van der Waals surface area contributed by atoms with E-state index < -0.39 is 5.82 Å². The van der Waals surface area contributed by atoms with Crippen LogP contribution in [0, 0.1) is 5.82 Å². The SMILES string of the molecule is C=C/C=C(\C=C)C(=Nc1cc(Cl)c(COc2ccc3nonc3c2)cc1F)c1ccccc1. The second kappa shape index (κ2) is 10.1. The Morgan fingerprint density at radius 2 is 1.85 bits per heavy atom. The van der Waals surface area contributed by atoms with Crippen LogP contribution >= 0.6 is 11.6 Å². The van der Waals surface area contributed by atoms with Crippen LogP contribution in [-0.2, 0) is 6.61 Å². The van der Waals surface area contributed by atoms with Crippen molar-refractivity contribution >= 4 is 34.0 Å². The fraction of sp³-hybridized carbons (Fsp3) is 0.0385. The molecular formula is C26H19ClFN3O2. The van der Waals surface area contributed by atoms with Crippen molar-refractivity contribution in [1.82, 2.24) is 10.3 Å². The number of hydrogen-bond donors (Lipinski definition) is 0. The molecule has 0 amide bonds. The highest BCUT2D eigenvalue weighted by atomic mass is 35.5. The molecule has 3 aromatic carbocycles. The number of aliphatic imine (C=N–C) groups is 1. The number of rotatable bonds is 8. The molecule has 0 saturated carbocycles. The smallest absolute Gasteiger partial charge is 0.149 e. The number of fused-ring (bicyclic) bond motifs is 1. The zero-order valence-electron chi connectivity index (χ0n) is 17.5. The van der Waals surface area contributed by atoms with E-state index in [2.05, 4.69) is 33.1 Å². The van der Waals surface area contributed by atoms with E-state index in [1.165, 1.54) is 12.1 Å². The van der Waals surface area contributed by atoms with Gasteiger partial charge in [0.1, 0.15) is 34.9 Å². The largest absolute Gasteiger partial charge is 0.489 e. The molecule has 0 aliphatic heterocycles. The first-order valence-electron chi connectivity index (χ1n) is 10.0. The molecule has 4 rings (SSSR count). The van der Waals surface area contributed by atoms with Crippen molar-refractivity contribution in [3.63, 3.8) is 0 Å². The van der Waals surface area contributed by atoms with E-state index in [0.717, 1.165) is 5.56 Å². The number of benzene rings is 3. The highest BCUT2D eigenvalue weighted by Gasteiger charge is 2.13. The maximum absolute atomic E-state index is 15.0. The minimum atomic E-state index is -0.524. The molecule has 5 nitrogen and oxygen atoms in total. The Bertz CT molecular complexity index is 1380. The van der Waals surface area contributed by atoms with Gasteiger partial charge in [-0.3, -0.25) is 0 Å². The first-order valence-corrected chi connectivity index (χ1v) is 10.4. The summed E-state index contributed by atoms with van der Waals surface area (Å²) in [6.07, 6.45) is 5.05. The van der Waals surface area contributed by atoms with Crippen LogP contribution in [0.25, 0.3) is 11.0 Å². The average Bonchev–Trinajstić information content (AvgIpc) is 3.30. The van der Waals surface area contributed by atoms with Gasteiger partial charge in [-0.25, -0.2) is 14.0 Å². The van der Waals surface area contributed by atoms with E-state index in [1.807, 2.05) is 30.3 Å². The molecule has 0 fully saturated rings. The highest BCUT2D eigenvalue weighted by molar-refractivity contribution is 6.31. The molecule has 4 aromatic rings. The van der Waals surface area contributed by atoms with Crippen LogP contribution in [0.1, 0.15) is 11.1 Å². The van der Waals surface area contributed by atoms with Crippen LogP contribution < -0.4 is 4.74 Å². The molecular weight excluding hydrogens is 441 g/mol. The summed E-state index contributed by atoms with van der Waals surface area (Å²) in [6, 6.07) is 17.4. The Hall–Kier alpha value is -4.03. The van der Waals surface area contributed by atoms with Crippen molar-refractivity contribution in [2.24, 2.45) is 4.99 Å². The number of halogens is 2. The van der Waals surface area contributed by atoms with Gasteiger partial charge in [0.2, 0.25) is 0 Å². The van der Waals surface area contributed by atoms with Gasteiger partial charge in [0.15, 0.2) is 0 Å². The second-order valence-electron chi connectivity index (χ2n) is 6.99. The first-order chi connectivity index (χ1) is 16.1. The Morgan fingerprint density at radius 1 is 1.06 bits per heavy atom. The maximum atomic E-state index is 15.0. The first kappa shape index (κ1) is 22.2. The van der Waals surface area contributed by atoms with Gasteiger partial charge in [-0.05, 0) is 34.6 Å². The normalized spacial score (nSPS) is 12.1. The van der Waals surface area contributed by atoms with Gasteiger partial charge in [0, 0.05) is 27.8 Å². The minimum Gasteiger partial charge on any atom is -0.489 e. The number of nitrogens with zero attached hydrogens (tertiary/aromatic N) is 3. The number of allylic oxidation sites excluding steroid dienone is 4. The molecule has 0 atom stereocenters. The zero-order valence-corrected chi connectivity index (χ0v) is 18.3. The molecule has 0 N–H and O–H groups in total. The standard InChI is InChI=1S/C26H19ClFN3O2/c1-3-8-17(4-2)26(18-9-6-5-7-10-18)29-24-15-21(27)19(13-22(24)28)16-32-20-11-12-23-25(14-20)31-33-30-23/h3-15H,1-2,16H2/b17-8+,29-26?. The molecule has 0 bridgehead atoms. The van der Waals surface area contributed by atoms with Gasteiger partial charge in [-0.1, -0.05) is 73.3 Å². The van der Waals surface area contributed by atoms with E-state index in [4.69, 9.17) is 16.3 Å². The van der Waals surface area contributed by atoms with Crippen LogP contribution in [0.5, 0.6) is 5.75 Å². The fourth-order valence-electron chi connectivity index (χ4n) is 3.17. The van der Waals surface area contributed by atoms with Crippen LogP contribution in [-0.4, -0.2) is 16.0 Å². The summed E-state index contributed by atoms with van der Waals surface area (Å²) in [7, 11) is 0. The van der Waals surface area contributed by atoms with Crippen molar-refractivity contribution in [2.75, 3.05) is 0 Å². The molecule has 0 aliphatic rings. The number of ether oxygens (including phenoxy) is 1. The summed E-state index contributed by atoms with van der Waals surface area (Å²) < 4.78 is 25.5. The highest BCUT2D eigenvalue weighted by Crippen LogP contribution is 2.29. The van der Waals surface area contributed by atoms with Crippen molar-refractivity contribution in [2.45, 2.75) is 6.61 Å². The number of hydrogen-bond acceptors (Lipinski definition) is 5. The number of aromatic nitrogens is 2. The van der Waals surface area contributed by atoms with Gasteiger partial charge in [0.25, 0.3) is 0 Å². The van der Waals surface area contributed by atoms with Crippen molar-refractivity contribution in [1.29, 1.82) is 0 Å². The minimum absolute atomic E-state index is 0.0658. The third-order valence-electron chi connectivity index (χ3n) is 4.81. The van der Waals surface area contributed by atoms with E-state index >= 15 is 4.39 Å². The molecule has 0 radical (unpaired) electrons. The molecule has 1 aromatic heterocycles. The molecule has 7 heteroatoms. The average molecular weight is 460 g/mol. The van der Waals surface area contributed by atoms with Gasteiger partial charge in [-0.2, -0.15) is 0 Å². The van der Waals surface area contributed by atoms with Gasteiger partial charge in [-0.15, -0.1) is 0 Å². The van der Waals surface area contributed by atoms with Gasteiger partial charge in [0.05, 0.1) is 5.71 Å². The summed E-state index contributed by atoms with van der Waals surface area (Å²) >= 11 is 6.45. The van der Waals surface area contributed by atoms with Crippen molar-refractivity contribution in [3.05, 3.63) is 120 Å². The van der Waals surface area contributed by atoms with Crippen molar-refractivity contribution < 1.29 is 13.8 Å². The topological polar surface area (TPSA) is 60.5 Å². The Kier molecular flexibility index (Phi) is 6.76. The van der Waals surface area contributed by atoms with Crippen molar-refractivity contribution in [3.8, 4) is 5.75 Å². The molecule has 33 heavy (non-hydrogen) atoms. The summed E-state index contributed by atoms with van der Waals surface area (Å²) in [6.45, 7) is 7.64. The lowest BCUT2D eigenvalue weighted by atomic mass is 10.0.